The minimum Gasteiger partial charge on any atom is -0.459 e. The van der Waals surface area contributed by atoms with Gasteiger partial charge >= 0.3 is 5.97 Å². The number of carbonyl (C=O) groups excluding carboxylic acids is 1. The number of sulfonamides is 1. The Morgan fingerprint density at radius 1 is 1.33 bits per heavy atom. The fourth-order valence-corrected chi connectivity index (χ4v) is 4.48. The van der Waals surface area contributed by atoms with Crippen LogP contribution in [0, 0.1) is 13.8 Å². The van der Waals surface area contributed by atoms with E-state index in [-0.39, 0.29) is 17.5 Å². The summed E-state index contributed by atoms with van der Waals surface area (Å²) in [6.07, 6.45) is 0.584. The number of rotatable bonds is 6. The fourth-order valence-electron chi connectivity index (χ4n) is 2.43. The average molecular weight is 359 g/mol. The summed E-state index contributed by atoms with van der Waals surface area (Å²) in [5.74, 6) is -0.564. The highest BCUT2D eigenvalue weighted by Crippen LogP contribution is 2.25. The van der Waals surface area contributed by atoms with Crippen LogP contribution in [0.1, 0.15) is 52.4 Å². The quantitative estimate of drug-likeness (QED) is 0.727. The van der Waals surface area contributed by atoms with E-state index in [0.29, 0.717) is 17.8 Å². The molecule has 1 atom stereocenters. The summed E-state index contributed by atoms with van der Waals surface area (Å²) < 4.78 is 34.3. The third-order valence-electron chi connectivity index (χ3n) is 3.80. The predicted molar refractivity (Wildman–Crippen MR) is 92.2 cm³/mol. The number of ether oxygens (including phenoxy) is 1. The second kappa shape index (κ2) is 7.23. The van der Waals surface area contributed by atoms with E-state index < -0.39 is 21.6 Å². The van der Waals surface area contributed by atoms with Crippen molar-refractivity contribution in [2.75, 3.05) is 6.54 Å². The standard InChI is InChI=1S/C16H29N3O4S/c1-9-11(2)19(10-14(20)23-16(5,6)7)24(21,22)15-12(3)17-18(8)13(15)4/h11H,9-10H2,1-8H3/t11-/m1/s1. The Bertz CT molecular complexity index is 702. The zero-order chi connectivity index (χ0) is 18.9. The van der Waals surface area contributed by atoms with Gasteiger partial charge in [-0.05, 0) is 48.0 Å². The molecule has 1 aromatic rings. The summed E-state index contributed by atoms with van der Waals surface area (Å²) in [7, 11) is -2.16. The van der Waals surface area contributed by atoms with Crippen molar-refractivity contribution in [2.45, 2.75) is 71.4 Å². The van der Waals surface area contributed by atoms with Gasteiger partial charge in [-0.2, -0.15) is 9.40 Å². The number of aryl methyl sites for hydroxylation is 2. The van der Waals surface area contributed by atoms with E-state index in [2.05, 4.69) is 5.10 Å². The Hall–Kier alpha value is -1.41. The van der Waals surface area contributed by atoms with Crippen LogP contribution < -0.4 is 0 Å². The van der Waals surface area contributed by atoms with Crippen molar-refractivity contribution in [1.29, 1.82) is 0 Å². The van der Waals surface area contributed by atoms with Gasteiger partial charge in [0.2, 0.25) is 10.0 Å². The van der Waals surface area contributed by atoms with Crippen molar-refractivity contribution in [3.8, 4) is 0 Å². The summed E-state index contributed by atoms with van der Waals surface area (Å²) in [4.78, 5) is 12.4. The van der Waals surface area contributed by atoms with Gasteiger partial charge in [0, 0.05) is 13.1 Å². The highest BCUT2D eigenvalue weighted by atomic mass is 32.2. The third kappa shape index (κ3) is 4.57. The second-order valence-electron chi connectivity index (χ2n) is 7.02. The van der Waals surface area contributed by atoms with Gasteiger partial charge in [0.1, 0.15) is 17.0 Å². The van der Waals surface area contributed by atoms with Crippen LogP contribution in [0.4, 0.5) is 0 Å². The van der Waals surface area contributed by atoms with Gasteiger partial charge in [-0.1, -0.05) is 6.92 Å². The molecule has 0 fully saturated rings. The molecule has 0 aliphatic carbocycles. The number of hydrogen-bond acceptors (Lipinski definition) is 5. The molecule has 7 nitrogen and oxygen atoms in total. The Morgan fingerprint density at radius 2 is 1.88 bits per heavy atom. The zero-order valence-corrected chi connectivity index (χ0v) is 16.7. The van der Waals surface area contributed by atoms with Gasteiger partial charge in [0.25, 0.3) is 0 Å². The maximum absolute atomic E-state index is 13.2. The lowest BCUT2D eigenvalue weighted by Crippen LogP contribution is -2.43. The molecule has 1 rings (SSSR count). The number of aromatic nitrogens is 2. The SMILES string of the molecule is CC[C@@H](C)N(CC(=O)OC(C)(C)C)S(=O)(=O)c1c(C)nn(C)c1C. The Labute approximate surface area is 145 Å². The summed E-state index contributed by atoms with van der Waals surface area (Å²) in [6.45, 7) is 12.0. The van der Waals surface area contributed by atoms with Crippen molar-refractivity contribution >= 4 is 16.0 Å². The lowest BCUT2D eigenvalue weighted by atomic mass is 10.2. The van der Waals surface area contributed by atoms with Gasteiger partial charge in [-0.25, -0.2) is 8.42 Å². The van der Waals surface area contributed by atoms with Crippen LogP contribution in [0.5, 0.6) is 0 Å². The van der Waals surface area contributed by atoms with Crippen LogP contribution in [0.3, 0.4) is 0 Å². The van der Waals surface area contributed by atoms with E-state index in [1.807, 2.05) is 6.92 Å². The largest absolute Gasteiger partial charge is 0.459 e. The van der Waals surface area contributed by atoms with E-state index >= 15 is 0 Å². The van der Waals surface area contributed by atoms with Crippen LogP contribution >= 0.6 is 0 Å². The second-order valence-corrected chi connectivity index (χ2v) is 8.84. The van der Waals surface area contributed by atoms with Crippen LogP contribution in [0.15, 0.2) is 4.90 Å². The van der Waals surface area contributed by atoms with Gasteiger partial charge in [-0.15, -0.1) is 0 Å². The Balaban J connectivity index is 3.27. The highest BCUT2D eigenvalue weighted by molar-refractivity contribution is 7.89. The van der Waals surface area contributed by atoms with Crippen molar-refractivity contribution in [1.82, 2.24) is 14.1 Å². The average Bonchev–Trinajstić information content (AvgIpc) is 2.66. The molecule has 0 aliphatic rings. The molecule has 8 heteroatoms. The Kier molecular flexibility index (Phi) is 6.21. The lowest BCUT2D eigenvalue weighted by molar-refractivity contribution is -0.155. The summed E-state index contributed by atoms with van der Waals surface area (Å²) in [5.41, 5.74) is 0.305. The molecule has 0 saturated heterocycles. The number of esters is 1. The maximum atomic E-state index is 13.2. The fraction of sp³-hybridized carbons (Fsp3) is 0.750. The molecule has 0 bridgehead atoms. The predicted octanol–water partition coefficient (Wildman–Crippen LogP) is 2.17. The van der Waals surface area contributed by atoms with Crippen molar-refractivity contribution in [3.05, 3.63) is 11.4 Å². The Morgan fingerprint density at radius 3 is 2.25 bits per heavy atom. The van der Waals surface area contributed by atoms with Gasteiger partial charge in [0.05, 0.1) is 11.4 Å². The normalized spacial score (nSPS) is 14.0. The van der Waals surface area contributed by atoms with Crippen molar-refractivity contribution in [2.24, 2.45) is 7.05 Å². The van der Waals surface area contributed by atoms with E-state index in [4.69, 9.17) is 4.74 Å². The third-order valence-corrected chi connectivity index (χ3v) is 6.01. The number of hydrogen-bond donors (Lipinski definition) is 0. The van der Waals surface area contributed by atoms with E-state index in [9.17, 15) is 13.2 Å². The molecule has 0 saturated carbocycles. The van der Waals surface area contributed by atoms with Crippen molar-refractivity contribution < 1.29 is 17.9 Å². The molecule has 0 spiro atoms. The summed E-state index contributed by atoms with van der Waals surface area (Å²) >= 11 is 0. The molecule has 24 heavy (non-hydrogen) atoms. The minimum atomic E-state index is -3.85. The zero-order valence-electron chi connectivity index (χ0n) is 15.9. The molecule has 0 radical (unpaired) electrons. The van der Waals surface area contributed by atoms with Gasteiger partial charge in [0.15, 0.2) is 0 Å². The molecular formula is C16H29N3O4S. The lowest BCUT2D eigenvalue weighted by Gasteiger charge is -2.28. The van der Waals surface area contributed by atoms with E-state index in [1.165, 1.54) is 8.99 Å². The molecule has 138 valence electrons. The molecule has 1 aromatic heterocycles. The molecule has 0 N–H and O–H groups in total. The maximum Gasteiger partial charge on any atom is 0.321 e. The summed E-state index contributed by atoms with van der Waals surface area (Å²) in [5, 5.41) is 4.18. The van der Waals surface area contributed by atoms with E-state index in [0.717, 1.165) is 0 Å². The first-order chi connectivity index (χ1) is 10.8. The first-order valence-electron chi connectivity index (χ1n) is 8.05. The smallest absolute Gasteiger partial charge is 0.321 e. The molecular weight excluding hydrogens is 330 g/mol. The first kappa shape index (κ1) is 20.6. The molecule has 0 aliphatic heterocycles. The molecule has 0 unspecified atom stereocenters. The van der Waals surface area contributed by atoms with Crippen LogP contribution in [-0.2, 0) is 26.6 Å². The molecule has 0 aromatic carbocycles. The van der Waals surface area contributed by atoms with Gasteiger partial charge < -0.3 is 4.74 Å². The highest BCUT2D eigenvalue weighted by Gasteiger charge is 2.35. The number of nitrogens with zero attached hydrogens (tertiary/aromatic N) is 3. The van der Waals surface area contributed by atoms with E-state index in [1.54, 1.807) is 48.6 Å². The van der Waals surface area contributed by atoms with Crippen LogP contribution in [0.2, 0.25) is 0 Å². The van der Waals surface area contributed by atoms with Gasteiger partial charge in [-0.3, -0.25) is 9.48 Å². The number of carbonyl (C=O) groups is 1. The van der Waals surface area contributed by atoms with Crippen LogP contribution in [-0.4, -0.2) is 46.7 Å². The molecule has 1 heterocycles. The van der Waals surface area contributed by atoms with Crippen LogP contribution in [0.25, 0.3) is 0 Å². The molecule has 0 amide bonds. The minimum absolute atomic E-state index is 0.161. The summed E-state index contributed by atoms with van der Waals surface area (Å²) in [6, 6.07) is -0.332. The monoisotopic (exact) mass is 359 g/mol. The van der Waals surface area contributed by atoms with Crippen molar-refractivity contribution in [3.63, 3.8) is 0 Å². The first-order valence-corrected chi connectivity index (χ1v) is 9.49. The topological polar surface area (TPSA) is 81.5 Å².